The molecule has 0 spiro atoms. The molecule has 0 radical (unpaired) electrons. The van der Waals surface area contributed by atoms with Crippen LogP contribution in [0.5, 0.6) is 0 Å². The quantitative estimate of drug-likeness (QED) is 0.186. The first-order valence-electron chi connectivity index (χ1n) is 17.8. The number of hydrogen-bond acceptors (Lipinski definition) is 3. The molecule has 0 saturated heterocycles. The van der Waals surface area contributed by atoms with Gasteiger partial charge in [0.15, 0.2) is 0 Å². The number of furan rings is 1. The van der Waals surface area contributed by atoms with Crippen molar-refractivity contribution in [3.8, 4) is 11.1 Å². The number of nitrogens with zero attached hydrogens (tertiary/aromatic N) is 1. The van der Waals surface area contributed by atoms with Crippen LogP contribution in [0.2, 0.25) is 0 Å². The summed E-state index contributed by atoms with van der Waals surface area (Å²) < 4.78 is 9.35. The Hall–Kier alpha value is -4.86. The van der Waals surface area contributed by atoms with Crippen molar-refractivity contribution in [2.75, 3.05) is 4.90 Å². The summed E-state index contributed by atoms with van der Waals surface area (Å²) in [5, 5.41) is 4.92. The Bertz CT molecular complexity index is 2650. The number of thiophene rings is 1. The summed E-state index contributed by atoms with van der Waals surface area (Å²) in [5.74, 6) is 0. The number of anilines is 3. The van der Waals surface area contributed by atoms with E-state index in [9.17, 15) is 0 Å². The van der Waals surface area contributed by atoms with Crippen molar-refractivity contribution in [3.05, 3.63) is 138 Å². The molecule has 0 amide bonds. The van der Waals surface area contributed by atoms with Gasteiger partial charge in [-0.05, 0) is 93.2 Å². The smallest absolute Gasteiger partial charge is 0.139 e. The molecule has 2 heterocycles. The lowest BCUT2D eigenvalue weighted by atomic mass is 9.79. The fourth-order valence-corrected chi connectivity index (χ4v) is 9.32. The number of rotatable bonds is 3. The van der Waals surface area contributed by atoms with Crippen molar-refractivity contribution in [3.63, 3.8) is 0 Å². The van der Waals surface area contributed by atoms with Gasteiger partial charge in [-0.15, -0.1) is 11.3 Å². The second-order valence-corrected chi connectivity index (χ2v) is 17.8. The van der Waals surface area contributed by atoms with Crippen LogP contribution in [0.15, 0.2) is 120 Å². The van der Waals surface area contributed by atoms with Crippen LogP contribution < -0.4 is 4.90 Å². The first-order valence-corrected chi connectivity index (χ1v) is 18.6. The van der Waals surface area contributed by atoms with Crippen molar-refractivity contribution >= 4 is 70.5 Å². The summed E-state index contributed by atoms with van der Waals surface area (Å²) in [5.41, 5.74) is 13.2. The van der Waals surface area contributed by atoms with Gasteiger partial charge in [0.1, 0.15) is 11.2 Å². The molecule has 3 heteroatoms. The monoisotopic (exact) mass is 669 g/mol. The first kappa shape index (κ1) is 31.1. The van der Waals surface area contributed by atoms with Gasteiger partial charge < -0.3 is 9.32 Å². The molecule has 0 bridgehead atoms. The lowest BCUT2D eigenvalue weighted by Crippen LogP contribution is -2.16. The highest BCUT2D eigenvalue weighted by Crippen LogP contribution is 2.52. The average Bonchev–Trinajstić information content (AvgIpc) is 3.72. The van der Waals surface area contributed by atoms with E-state index < -0.39 is 0 Å². The van der Waals surface area contributed by atoms with E-state index in [-0.39, 0.29) is 16.2 Å². The molecule has 0 fully saturated rings. The fourth-order valence-electron chi connectivity index (χ4n) is 8.20. The molecule has 2 nitrogen and oxygen atoms in total. The van der Waals surface area contributed by atoms with Gasteiger partial charge in [-0.25, -0.2) is 0 Å². The van der Waals surface area contributed by atoms with Crippen molar-refractivity contribution in [2.24, 2.45) is 0 Å². The van der Waals surface area contributed by atoms with Crippen LogP contribution >= 0.6 is 11.3 Å². The Morgan fingerprint density at radius 2 is 1.28 bits per heavy atom. The van der Waals surface area contributed by atoms with Crippen LogP contribution in [0, 0.1) is 0 Å². The summed E-state index contributed by atoms with van der Waals surface area (Å²) >= 11 is 1.87. The lowest BCUT2D eigenvalue weighted by molar-refractivity contribution is 0.559. The number of benzene rings is 6. The minimum absolute atomic E-state index is 0.00583. The topological polar surface area (TPSA) is 16.4 Å². The van der Waals surface area contributed by atoms with E-state index in [4.69, 9.17) is 4.42 Å². The molecule has 6 aromatic carbocycles. The van der Waals surface area contributed by atoms with Crippen LogP contribution in [0.25, 0.3) is 53.2 Å². The molecule has 0 aliphatic heterocycles. The summed E-state index contributed by atoms with van der Waals surface area (Å²) in [4.78, 5) is 2.48. The second-order valence-electron chi connectivity index (χ2n) is 16.7. The molecule has 1 aliphatic rings. The molecule has 248 valence electrons. The summed E-state index contributed by atoms with van der Waals surface area (Å²) in [6.07, 6.45) is 0. The van der Waals surface area contributed by atoms with Crippen molar-refractivity contribution in [1.82, 2.24) is 0 Å². The van der Waals surface area contributed by atoms with Crippen LogP contribution in [0.4, 0.5) is 17.1 Å². The Morgan fingerprint density at radius 3 is 2.08 bits per heavy atom. The lowest BCUT2D eigenvalue weighted by Gasteiger charge is -2.29. The van der Waals surface area contributed by atoms with E-state index in [1.165, 1.54) is 64.6 Å². The van der Waals surface area contributed by atoms with Crippen LogP contribution in [0.3, 0.4) is 0 Å². The Kier molecular flexibility index (Phi) is 6.59. The molecule has 0 N–H and O–H groups in total. The normalized spacial score (nSPS) is 14.2. The molecule has 0 saturated carbocycles. The molecular weight excluding hydrogens is 627 g/mol. The van der Waals surface area contributed by atoms with Gasteiger partial charge in [0.05, 0.1) is 5.69 Å². The number of fused-ring (bicyclic) bond motifs is 9. The molecule has 8 aromatic rings. The van der Waals surface area contributed by atoms with E-state index in [1.54, 1.807) is 0 Å². The molecule has 0 unspecified atom stereocenters. The molecule has 50 heavy (non-hydrogen) atoms. The average molecular weight is 670 g/mol. The van der Waals surface area contributed by atoms with Crippen molar-refractivity contribution in [1.29, 1.82) is 0 Å². The standard InChI is InChI=1S/C47H43NOS/c1-45(2,3)28-24-35-34-26-29(21-23-40(34)49-44(35)38(25-28)46(4,5)6)48(39-17-13-19-42-43(39)33-15-10-12-18-41(33)50-42)30-20-22-32-31-14-9-11-16-36(31)47(7,8)37(32)27-30/h9-27H,1-8H3. The van der Waals surface area contributed by atoms with Crippen molar-refractivity contribution in [2.45, 2.75) is 71.6 Å². The molecule has 2 aromatic heterocycles. The molecule has 0 atom stereocenters. The van der Waals surface area contributed by atoms with E-state index in [0.717, 1.165) is 27.9 Å². The molecular formula is C47H43NOS. The van der Waals surface area contributed by atoms with Gasteiger partial charge >= 0.3 is 0 Å². The van der Waals surface area contributed by atoms with Gasteiger partial charge in [0, 0.05) is 53.3 Å². The van der Waals surface area contributed by atoms with Gasteiger partial charge in [-0.2, -0.15) is 0 Å². The molecule has 1 aliphatic carbocycles. The second kappa shape index (κ2) is 10.6. The van der Waals surface area contributed by atoms with Gasteiger partial charge in [0.2, 0.25) is 0 Å². The summed E-state index contributed by atoms with van der Waals surface area (Å²) in [6, 6.07) is 43.1. The third-order valence-electron chi connectivity index (χ3n) is 10.9. The predicted octanol–water partition coefficient (Wildman–Crippen LogP) is 14.3. The highest BCUT2D eigenvalue weighted by Gasteiger charge is 2.36. The minimum atomic E-state index is -0.105. The SMILES string of the molecule is CC(C)(C)c1cc(C(C)(C)C)c2oc3ccc(N(c4ccc5c(c4)C(C)(C)c4ccccc4-5)c4cccc5sc6ccccc6c45)cc3c2c1. The minimum Gasteiger partial charge on any atom is -0.456 e. The first-order chi connectivity index (χ1) is 23.8. The number of hydrogen-bond donors (Lipinski definition) is 0. The zero-order valence-electron chi connectivity index (χ0n) is 30.2. The Labute approximate surface area is 299 Å². The summed E-state index contributed by atoms with van der Waals surface area (Å²) in [7, 11) is 0. The highest BCUT2D eigenvalue weighted by atomic mass is 32.1. The summed E-state index contributed by atoms with van der Waals surface area (Å²) in [6.45, 7) is 18.5. The Morgan fingerprint density at radius 1 is 0.580 bits per heavy atom. The van der Waals surface area contributed by atoms with Crippen LogP contribution in [0.1, 0.15) is 77.6 Å². The van der Waals surface area contributed by atoms with Gasteiger partial charge in [-0.3, -0.25) is 0 Å². The predicted molar refractivity (Wildman–Crippen MR) is 216 cm³/mol. The maximum Gasteiger partial charge on any atom is 0.139 e. The third kappa shape index (κ3) is 4.59. The zero-order chi connectivity index (χ0) is 34.7. The maximum atomic E-state index is 6.75. The molecule has 9 rings (SSSR count). The van der Waals surface area contributed by atoms with E-state index in [1.807, 2.05) is 11.3 Å². The fraction of sp³-hybridized carbons (Fsp3) is 0.234. The van der Waals surface area contributed by atoms with Gasteiger partial charge in [-0.1, -0.05) is 116 Å². The van der Waals surface area contributed by atoms with Gasteiger partial charge in [0.25, 0.3) is 0 Å². The maximum absolute atomic E-state index is 6.75. The van der Waals surface area contributed by atoms with Crippen LogP contribution in [-0.4, -0.2) is 0 Å². The van der Waals surface area contributed by atoms with Crippen LogP contribution in [-0.2, 0) is 16.2 Å². The van der Waals surface area contributed by atoms with E-state index in [2.05, 4.69) is 176 Å². The van der Waals surface area contributed by atoms with Crippen molar-refractivity contribution < 1.29 is 4.42 Å². The zero-order valence-corrected chi connectivity index (χ0v) is 31.0. The van der Waals surface area contributed by atoms with E-state index >= 15 is 0 Å². The van der Waals surface area contributed by atoms with E-state index in [0.29, 0.717) is 0 Å². The Balaban J connectivity index is 1.34. The largest absolute Gasteiger partial charge is 0.456 e. The highest BCUT2D eigenvalue weighted by molar-refractivity contribution is 7.26. The third-order valence-corrected chi connectivity index (χ3v) is 12.1.